The molecule has 0 aromatic heterocycles. The van der Waals surface area contributed by atoms with Crippen LogP contribution in [0.25, 0.3) is 17.2 Å². The van der Waals surface area contributed by atoms with E-state index in [0.717, 1.165) is 39.1 Å². The highest BCUT2D eigenvalue weighted by Gasteiger charge is 2.25. The van der Waals surface area contributed by atoms with Crippen molar-refractivity contribution >= 4 is 40.5 Å². The van der Waals surface area contributed by atoms with Crippen molar-refractivity contribution in [3.63, 3.8) is 0 Å². The molecule has 0 unspecified atom stereocenters. The highest BCUT2D eigenvalue weighted by Crippen LogP contribution is 2.44. The van der Waals surface area contributed by atoms with E-state index in [0.29, 0.717) is 5.02 Å². The molecule has 0 atom stereocenters. The van der Waals surface area contributed by atoms with Crippen molar-refractivity contribution in [1.82, 2.24) is 0 Å². The van der Waals surface area contributed by atoms with Gasteiger partial charge in [0.15, 0.2) is 0 Å². The molecule has 0 bridgehead atoms. The summed E-state index contributed by atoms with van der Waals surface area (Å²) in [6.45, 7) is 1.98. The molecule has 0 saturated carbocycles. The summed E-state index contributed by atoms with van der Waals surface area (Å²) in [5.41, 5.74) is 7.06. The predicted octanol–water partition coefficient (Wildman–Crippen LogP) is 5.21. The first kappa shape index (κ1) is 17.3. The quantitative estimate of drug-likeness (QED) is 0.820. The van der Waals surface area contributed by atoms with Gasteiger partial charge < -0.3 is 10.0 Å². The summed E-state index contributed by atoms with van der Waals surface area (Å²) >= 11 is 6.13. The Morgan fingerprint density at radius 2 is 1.80 bits per heavy atom. The Bertz CT molecular complexity index is 893. The average molecular weight is 354 g/mol. The van der Waals surface area contributed by atoms with Crippen LogP contribution in [-0.2, 0) is 4.79 Å². The highest BCUT2D eigenvalue weighted by molar-refractivity contribution is 6.31. The van der Waals surface area contributed by atoms with Gasteiger partial charge in [-0.15, -0.1) is 0 Å². The second kappa shape index (κ2) is 6.77. The number of carbonyl (C=O) groups is 1. The van der Waals surface area contributed by atoms with Gasteiger partial charge in [-0.05, 0) is 70.7 Å². The third-order valence-corrected chi connectivity index (χ3v) is 4.74. The maximum absolute atomic E-state index is 11.3. The van der Waals surface area contributed by atoms with Gasteiger partial charge in [0, 0.05) is 24.8 Å². The van der Waals surface area contributed by atoms with Gasteiger partial charge in [0.05, 0.1) is 6.42 Å². The fourth-order valence-corrected chi connectivity index (χ4v) is 3.34. The molecule has 2 aromatic carbocycles. The zero-order valence-electron chi connectivity index (χ0n) is 14.5. The molecule has 1 N–H and O–H groups in total. The molecule has 128 valence electrons. The predicted molar refractivity (Wildman–Crippen MR) is 105 cm³/mol. The lowest BCUT2D eigenvalue weighted by Crippen LogP contribution is -2.07. The third kappa shape index (κ3) is 3.47. The molecule has 0 saturated heterocycles. The summed E-state index contributed by atoms with van der Waals surface area (Å²) in [6, 6.07) is 14.0. The van der Waals surface area contributed by atoms with Gasteiger partial charge in [0.25, 0.3) is 0 Å². The minimum atomic E-state index is -0.836. The van der Waals surface area contributed by atoms with E-state index >= 15 is 0 Å². The lowest BCUT2D eigenvalue weighted by molar-refractivity contribution is -0.135. The number of carboxylic acid groups (broad SMARTS) is 1. The van der Waals surface area contributed by atoms with Gasteiger partial charge in [0.1, 0.15) is 0 Å². The first-order valence-electron chi connectivity index (χ1n) is 8.08. The Morgan fingerprint density at radius 3 is 2.40 bits per heavy atom. The lowest BCUT2D eigenvalue weighted by atomic mass is 10.0. The first-order chi connectivity index (χ1) is 11.9. The number of carboxylic acids is 1. The van der Waals surface area contributed by atoms with Crippen LogP contribution >= 0.6 is 11.6 Å². The van der Waals surface area contributed by atoms with E-state index in [1.54, 1.807) is 0 Å². The molecule has 0 spiro atoms. The number of benzene rings is 2. The molecule has 25 heavy (non-hydrogen) atoms. The van der Waals surface area contributed by atoms with E-state index in [2.05, 4.69) is 35.2 Å². The normalized spacial score (nSPS) is 14.8. The molecular formula is C21H20ClNO2. The van der Waals surface area contributed by atoms with E-state index in [4.69, 9.17) is 11.6 Å². The number of fused-ring (bicyclic) bond motifs is 1. The zero-order chi connectivity index (χ0) is 18.1. The van der Waals surface area contributed by atoms with Crippen molar-refractivity contribution in [2.24, 2.45) is 0 Å². The number of nitrogens with zero attached hydrogens (tertiary/aromatic N) is 1. The Labute approximate surface area is 152 Å². The third-order valence-electron chi connectivity index (χ3n) is 4.50. The van der Waals surface area contributed by atoms with Crippen LogP contribution in [-0.4, -0.2) is 25.2 Å². The van der Waals surface area contributed by atoms with Crippen molar-refractivity contribution in [2.75, 3.05) is 19.0 Å². The fraction of sp³-hybridized carbons (Fsp3) is 0.190. The van der Waals surface area contributed by atoms with E-state index in [1.807, 2.05) is 39.2 Å². The molecule has 1 aliphatic carbocycles. The van der Waals surface area contributed by atoms with Crippen LogP contribution < -0.4 is 4.90 Å². The van der Waals surface area contributed by atoms with Crippen LogP contribution in [0.4, 0.5) is 5.69 Å². The van der Waals surface area contributed by atoms with Gasteiger partial charge in [0.2, 0.25) is 0 Å². The van der Waals surface area contributed by atoms with Gasteiger partial charge in [-0.3, -0.25) is 4.79 Å². The summed E-state index contributed by atoms with van der Waals surface area (Å²) in [5, 5.41) is 9.87. The van der Waals surface area contributed by atoms with Crippen LogP contribution in [0, 0.1) is 0 Å². The SMILES string of the molecule is CC1=C(CC(=O)O)c2cc(Cl)ccc2/C1=C\c1ccc(N(C)C)cc1. The summed E-state index contributed by atoms with van der Waals surface area (Å²) in [7, 11) is 4.02. The number of halogens is 1. The molecule has 2 aromatic rings. The number of hydrogen-bond acceptors (Lipinski definition) is 2. The highest BCUT2D eigenvalue weighted by atomic mass is 35.5. The lowest BCUT2D eigenvalue weighted by Gasteiger charge is -2.12. The summed E-state index contributed by atoms with van der Waals surface area (Å²) in [6.07, 6.45) is 2.10. The molecule has 0 amide bonds. The van der Waals surface area contributed by atoms with Crippen LogP contribution in [0.1, 0.15) is 30.0 Å². The van der Waals surface area contributed by atoms with Crippen LogP contribution in [0.2, 0.25) is 5.02 Å². The van der Waals surface area contributed by atoms with Crippen molar-refractivity contribution < 1.29 is 9.90 Å². The molecule has 0 heterocycles. The zero-order valence-corrected chi connectivity index (χ0v) is 15.3. The second-order valence-corrected chi connectivity index (χ2v) is 6.84. The summed E-state index contributed by atoms with van der Waals surface area (Å²) < 4.78 is 0. The average Bonchev–Trinajstić information content (AvgIpc) is 2.80. The van der Waals surface area contributed by atoms with Crippen molar-refractivity contribution in [3.8, 4) is 0 Å². The largest absolute Gasteiger partial charge is 0.481 e. The Balaban J connectivity index is 2.09. The van der Waals surface area contributed by atoms with Gasteiger partial charge >= 0.3 is 5.97 Å². The van der Waals surface area contributed by atoms with Crippen LogP contribution in [0.15, 0.2) is 48.0 Å². The molecule has 0 aliphatic heterocycles. The van der Waals surface area contributed by atoms with E-state index in [9.17, 15) is 9.90 Å². The maximum atomic E-state index is 11.3. The molecule has 0 fully saturated rings. The minimum Gasteiger partial charge on any atom is -0.481 e. The molecule has 1 aliphatic rings. The number of hydrogen-bond donors (Lipinski definition) is 1. The topological polar surface area (TPSA) is 40.5 Å². The Kier molecular flexibility index (Phi) is 4.69. The number of anilines is 1. The van der Waals surface area contributed by atoms with Crippen molar-refractivity contribution in [2.45, 2.75) is 13.3 Å². The fourth-order valence-electron chi connectivity index (χ4n) is 3.17. The molecular weight excluding hydrogens is 334 g/mol. The van der Waals surface area contributed by atoms with E-state index < -0.39 is 5.97 Å². The molecule has 4 heteroatoms. The maximum Gasteiger partial charge on any atom is 0.307 e. The standard InChI is InChI=1S/C21H20ClNO2/c1-13-18(10-14-4-7-16(8-5-14)23(2)3)17-9-6-15(22)11-20(17)19(13)12-21(24)25/h4-11H,12H2,1-3H3,(H,24,25)/b18-10-. The molecule has 0 radical (unpaired) electrons. The Morgan fingerprint density at radius 1 is 1.12 bits per heavy atom. The number of allylic oxidation sites excluding steroid dienone is 2. The van der Waals surface area contributed by atoms with E-state index in [1.165, 1.54) is 0 Å². The molecule has 3 nitrogen and oxygen atoms in total. The van der Waals surface area contributed by atoms with Crippen LogP contribution in [0.5, 0.6) is 0 Å². The van der Waals surface area contributed by atoms with Gasteiger partial charge in [-0.25, -0.2) is 0 Å². The second-order valence-electron chi connectivity index (χ2n) is 6.41. The molecule has 3 rings (SSSR count). The van der Waals surface area contributed by atoms with E-state index in [-0.39, 0.29) is 6.42 Å². The smallest absolute Gasteiger partial charge is 0.307 e. The summed E-state index contributed by atoms with van der Waals surface area (Å²) in [5.74, 6) is -0.836. The Hall–Kier alpha value is -2.52. The number of aliphatic carboxylic acids is 1. The first-order valence-corrected chi connectivity index (χ1v) is 8.46. The minimum absolute atomic E-state index is 0.00389. The van der Waals surface area contributed by atoms with Crippen LogP contribution in [0.3, 0.4) is 0 Å². The summed E-state index contributed by atoms with van der Waals surface area (Å²) in [4.78, 5) is 13.3. The van der Waals surface area contributed by atoms with Gasteiger partial charge in [-0.2, -0.15) is 0 Å². The van der Waals surface area contributed by atoms with Crippen molar-refractivity contribution in [1.29, 1.82) is 0 Å². The van der Waals surface area contributed by atoms with Crippen molar-refractivity contribution in [3.05, 3.63) is 69.8 Å². The number of rotatable bonds is 4. The monoisotopic (exact) mass is 353 g/mol. The van der Waals surface area contributed by atoms with Gasteiger partial charge in [-0.1, -0.05) is 29.8 Å².